The maximum atomic E-state index is 4.06. The third-order valence-electron chi connectivity index (χ3n) is 1.74. The summed E-state index contributed by atoms with van der Waals surface area (Å²) in [6.45, 7) is 7.98. The first-order chi connectivity index (χ1) is 7.25. The van der Waals surface area contributed by atoms with E-state index in [9.17, 15) is 0 Å². The molecule has 16 heavy (non-hydrogen) atoms. The van der Waals surface area contributed by atoms with Gasteiger partial charge in [-0.3, -0.25) is 0 Å². The molecule has 0 aliphatic carbocycles. The third-order valence-corrected chi connectivity index (χ3v) is 2.63. The Balaban J connectivity index is 0.000000711. The first-order valence-corrected chi connectivity index (χ1v) is 5.86. The number of aryl methyl sites for hydroxylation is 2. The van der Waals surface area contributed by atoms with Crippen LogP contribution in [0.2, 0.25) is 0 Å². The van der Waals surface area contributed by atoms with E-state index in [1.807, 2.05) is 45.9 Å². The number of hydrogen-bond acceptors (Lipinski definition) is 3. The second-order valence-corrected chi connectivity index (χ2v) is 4.07. The predicted molar refractivity (Wildman–Crippen MR) is 65.0 cm³/mol. The van der Waals surface area contributed by atoms with E-state index in [0.717, 1.165) is 21.1 Å². The minimum absolute atomic E-state index is 0. The first-order valence-electron chi connectivity index (χ1n) is 5.04. The number of rotatable bonds is 1. The van der Waals surface area contributed by atoms with Crippen LogP contribution in [-0.4, -0.2) is 10.2 Å². The number of hydrogen-bond donors (Lipinski definition) is 0. The zero-order valence-electron chi connectivity index (χ0n) is 10.1. The van der Waals surface area contributed by atoms with Crippen LogP contribution in [0.4, 0.5) is 0 Å². The van der Waals surface area contributed by atoms with E-state index in [4.69, 9.17) is 0 Å². The molecule has 0 aliphatic heterocycles. The SMILES string of the molecule is CC.Cc1[c-]cc(-c2nnc(C)s2)cc1.[Y]. The van der Waals surface area contributed by atoms with Crippen LogP contribution in [0, 0.1) is 19.9 Å². The molecule has 0 atom stereocenters. The van der Waals surface area contributed by atoms with Crippen molar-refractivity contribution in [2.24, 2.45) is 0 Å². The molecule has 0 unspecified atom stereocenters. The molecule has 1 aromatic heterocycles. The van der Waals surface area contributed by atoms with Crippen molar-refractivity contribution in [2.75, 3.05) is 0 Å². The molecule has 0 fully saturated rings. The van der Waals surface area contributed by atoms with Crippen LogP contribution in [0.5, 0.6) is 0 Å². The molecule has 2 rings (SSSR count). The van der Waals surface area contributed by atoms with Gasteiger partial charge >= 0.3 is 0 Å². The van der Waals surface area contributed by atoms with E-state index in [2.05, 4.69) is 16.3 Å². The van der Waals surface area contributed by atoms with Crippen LogP contribution in [0.15, 0.2) is 18.2 Å². The summed E-state index contributed by atoms with van der Waals surface area (Å²) in [5, 5.41) is 10.00. The summed E-state index contributed by atoms with van der Waals surface area (Å²) in [6, 6.07) is 9.18. The molecule has 0 aliphatic rings. The van der Waals surface area contributed by atoms with Crippen molar-refractivity contribution < 1.29 is 32.7 Å². The standard InChI is InChI=1S/C10H9N2S.C2H6.Y/c1-7-3-5-9(6-4-7)10-12-11-8(2)13-10;1-2;/h3,5-6H,1-2H3;1-2H3;/q-1;;. The van der Waals surface area contributed by atoms with Gasteiger partial charge in [0.15, 0.2) is 0 Å². The molecule has 0 amide bonds. The van der Waals surface area contributed by atoms with E-state index in [1.54, 1.807) is 11.3 Å². The van der Waals surface area contributed by atoms with Gasteiger partial charge in [-0.05, 0) is 6.92 Å². The Labute approximate surface area is 126 Å². The predicted octanol–water partition coefficient (Wildman–Crippen LogP) is 3.65. The van der Waals surface area contributed by atoms with E-state index < -0.39 is 0 Å². The van der Waals surface area contributed by atoms with Crippen LogP contribution < -0.4 is 0 Å². The Bertz CT molecular complexity index is 409. The molecule has 0 bridgehead atoms. The second-order valence-electron chi connectivity index (χ2n) is 2.89. The molecule has 2 nitrogen and oxygen atoms in total. The minimum Gasteiger partial charge on any atom is -0.180 e. The van der Waals surface area contributed by atoms with Gasteiger partial charge in [-0.25, -0.2) is 0 Å². The third kappa shape index (κ3) is 4.40. The normalized spacial score (nSPS) is 8.75. The van der Waals surface area contributed by atoms with Crippen LogP contribution in [0.25, 0.3) is 10.6 Å². The van der Waals surface area contributed by atoms with E-state index in [-0.39, 0.29) is 32.7 Å². The quantitative estimate of drug-likeness (QED) is 0.752. The summed E-state index contributed by atoms with van der Waals surface area (Å²) >= 11 is 1.60. The van der Waals surface area contributed by atoms with Crippen LogP contribution in [0.3, 0.4) is 0 Å². The van der Waals surface area contributed by atoms with E-state index in [0.29, 0.717) is 0 Å². The summed E-state index contributed by atoms with van der Waals surface area (Å²) in [4.78, 5) is 0. The number of nitrogens with zero attached hydrogens (tertiary/aromatic N) is 2. The first kappa shape index (κ1) is 15.9. The average Bonchev–Trinajstić information content (AvgIpc) is 2.69. The fraction of sp³-hybridized carbons (Fsp3) is 0.333. The minimum atomic E-state index is 0. The summed E-state index contributed by atoms with van der Waals surface area (Å²) in [7, 11) is 0. The molecular formula is C12H15N2SY-. The van der Waals surface area contributed by atoms with Gasteiger partial charge in [0, 0.05) is 32.7 Å². The van der Waals surface area contributed by atoms with Gasteiger partial charge in [-0.15, -0.1) is 16.4 Å². The molecule has 1 aromatic carbocycles. The maximum absolute atomic E-state index is 4.06. The molecule has 1 radical (unpaired) electrons. The topological polar surface area (TPSA) is 25.8 Å². The van der Waals surface area contributed by atoms with Crippen LogP contribution in [0.1, 0.15) is 24.4 Å². The van der Waals surface area contributed by atoms with Gasteiger partial charge in [0.2, 0.25) is 0 Å². The molecule has 83 valence electrons. The molecule has 4 heteroatoms. The number of benzene rings is 1. The molecule has 1 heterocycles. The van der Waals surface area contributed by atoms with Gasteiger partial charge in [0.05, 0.1) is 5.01 Å². The van der Waals surface area contributed by atoms with Crippen LogP contribution >= 0.6 is 11.3 Å². The summed E-state index contributed by atoms with van der Waals surface area (Å²) in [6.07, 6.45) is 0. The van der Waals surface area contributed by atoms with Gasteiger partial charge in [-0.1, -0.05) is 26.3 Å². The smallest absolute Gasteiger partial charge is 0.113 e. The van der Waals surface area contributed by atoms with Crippen molar-refractivity contribution >= 4 is 11.3 Å². The average molecular weight is 308 g/mol. The van der Waals surface area contributed by atoms with Gasteiger partial charge in [0.1, 0.15) is 5.01 Å². The van der Waals surface area contributed by atoms with E-state index in [1.165, 1.54) is 0 Å². The molecule has 0 saturated heterocycles. The van der Waals surface area contributed by atoms with Crippen molar-refractivity contribution in [3.8, 4) is 10.6 Å². The molecule has 0 saturated carbocycles. The van der Waals surface area contributed by atoms with Crippen molar-refractivity contribution in [3.63, 3.8) is 0 Å². The van der Waals surface area contributed by atoms with Crippen molar-refractivity contribution in [2.45, 2.75) is 27.7 Å². The van der Waals surface area contributed by atoms with Gasteiger partial charge < -0.3 is 0 Å². The molecule has 2 aromatic rings. The number of aromatic nitrogens is 2. The second kappa shape index (κ2) is 8.05. The Morgan fingerprint density at radius 2 is 1.81 bits per heavy atom. The maximum Gasteiger partial charge on any atom is 0.113 e. The molecule has 0 N–H and O–H groups in total. The molecular weight excluding hydrogens is 293 g/mol. The Kier molecular flexibility index (Phi) is 7.99. The summed E-state index contributed by atoms with van der Waals surface area (Å²) in [5.41, 5.74) is 2.24. The monoisotopic (exact) mass is 308 g/mol. The fourth-order valence-electron chi connectivity index (χ4n) is 1.05. The zero-order valence-corrected chi connectivity index (χ0v) is 13.8. The van der Waals surface area contributed by atoms with Crippen molar-refractivity contribution in [1.29, 1.82) is 0 Å². The summed E-state index contributed by atoms with van der Waals surface area (Å²) < 4.78 is 0. The largest absolute Gasteiger partial charge is 0.180 e. The van der Waals surface area contributed by atoms with Gasteiger partial charge in [0.25, 0.3) is 0 Å². The summed E-state index contributed by atoms with van der Waals surface area (Å²) in [5.74, 6) is 0. The Morgan fingerprint density at radius 3 is 2.25 bits per heavy atom. The zero-order chi connectivity index (χ0) is 11.3. The van der Waals surface area contributed by atoms with E-state index >= 15 is 0 Å². The van der Waals surface area contributed by atoms with Crippen molar-refractivity contribution in [1.82, 2.24) is 10.2 Å². The molecule has 0 spiro atoms. The Hall–Kier alpha value is -0.116. The van der Waals surface area contributed by atoms with Crippen LogP contribution in [-0.2, 0) is 32.7 Å². The van der Waals surface area contributed by atoms with Crippen molar-refractivity contribution in [3.05, 3.63) is 34.8 Å². The van der Waals surface area contributed by atoms with Gasteiger partial charge in [-0.2, -0.15) is 34.9 Å². The fourth-order valence-corrected chi connectivity index (χ4v) is 1.74. The Morgan fingerprint density at radius 1 is 1.12 bits per heavy atom.